The maximum atomic E-state index is 10.7. The van der Waals surface area contributed by atoms with Crippen LogP contribution in [0.5, 0.6) is 5.75 Å². The van der Waals surface area contributed by atoms with Crippen molar-refractivity contribution in [3.63, 3.8) is 0 Å². The molecule has 1 aliphatic heterocycles. The fourth-order valence-corrected chi connectivity index (χ4v) is 3.67. The number of aliphatic carboxylic acids is 1. The predicted molar refractivity (Wildman–Crippen MR) is 126 cm³/mol. The summed E-state index contributed by atoms with van der Waals surface area (Å²) in [6, 6.07) is 16.4. The van der Waals surface area contributed by atoms with Crippen LogP contribution in [0.1, 0.15) is 54.9 Å². The molecule has 2 unspecified atom stereocenters. The molecule has 7 heteroatoms. The Morgan fingerprint density at radius 2 is 1.85 bits per heavy atom. The van der Waals surface area contributed by atoms with Crippen LogP contribution < -0.4 is 4.74 Å². The molecule has 1 aliphatic rings. The van der Waals surface area contributed by atoms with Crippen LogP contribution in [0.25, 0.3) is 5.69 Å². The summed E-state index contributed by atoms with van der Waals surface area (Å²) in [6.07, 6.45) is 0. The van der Waals surface area contributed by atoms with Crippen molar-refractivity contribution in [3.05, 3.63) is 76.6 Å². The van der Waals surface area contributed by atoms with E-state index in [0.717, 1.165) is 34.7 Å². The van der Waals surface area contributed by atoms with Gasteiger partial charge in [0.15, 0.2) is 6.61 Å². The van der Waals surface area contributed by atoms with Gasteiger partial charge >= 0.3 is 5.97 Å². The van der Waals surface area contributed by atoms with E-state index in [2.05, 4.69) is 58.0 Å². The number of carbonyl (C=O) groups is 1. The summed E-state index contributed by atoms with van der Waals surface area (Å²) in [4.78, 5) is 16.9. The Balaban J connectivity index is 1.45. The maximum Gasteiger partial charge on any atom is 0.341 e. The van der Waals surface area contributed by atoms with Crippen molar-refractivity contribution < 1.29 is 19.5 Å². The first kappa shape index (κ1) is 23.0. The maximum absolute atomic E-state index is 10.7. The number of hydrogen-bond acceptors (Lipinski definition) is 5. The fraction of sp³-hybridized carbons (Fsp3) is 0.385. The van der Waals surface area contributed by atoms with E-state index in [9.17, 15) is 4.79 Å². The lowest BCUT2D eigenvalue weighted by atomic mass is 9.92. The number of aromatic nitrogens is 2. The standard InChI is InChI=1S/C26H31N3O4/c1-17-6-9-20(10-7-17)29-21(13-24(27-29)26(3,4)5)15-33-28-14-22(28)19-8-11-23(18(2)12-19)32-16-25(30)31/h6-13,22H,14-16H2,1-5H3,(H,30,31). The first-order valence-corrected chi connectivity index (χ1v) is 11.1. The minimum atomic E-state index is -0.986. The van der Waals surface area contributed by atoms with Gasteiger partial charge in [0.2, 0.25) is 0 Å². The quantitative estimate of drug-likeness (QED) is 0.501. The minimum absolute atomic E-state index is 0.0604. The molecule has 33 heavy (non-hydrogen) atoms. The number of ether oxygens (including phenoxy) is 1. The SMILES string of the molecule is Cc1ccc(-n2nc(C(C)(C)C)cc2CON2CC2c2ccc(OCC(=O)O)c(C)c2)cc1. The molecule has 174 valence electrons. The molecule has 1 saturated heterocycles. The molecule has 0 spiro atoms. The molecule has 0 saturated carbocycles. The molecule has 0 radical (unpaired) electrons. The summed E-state index contributed by atoms with van der Waals surface area (Å²) >= 11 is 0. The third-order valence-corrected chi connectivity index (χ3v) is 5.71. The monoisotopic (exact) mass is 449 g/mol. The van der Waals surface area contributed by atoms with Crippen LogP contribution in [0.3, 0.4) is 0 Å². The molecule has 0 amide bonds. The van der Waals surface area contributed by atoms with E-state index in [1.807, 2.05) is 34.9 Å². The number of hydroxylamine groups is 2. The fourth-order valence-electron chi connectivity index (χ4n) is 3.67. The number of carboxylic acids is 1. The summed E-state index contributed by atoms with van der Waals surface area (Å²) in [7, 11) is 0. The summed E-state index contributed by atoms with van der Waals surface area (Å²) in [5.41, 5.74) is 6.23. The van der Waals surface area contributed by atoms with Gasteiger partial charge in [-0.05, 0) is 49.2 Å². The van der Waals surface area contributed by atoms with Gasteiger partial charge in [-0.15, -0.1) is 0 Å². The van der Waals surface area contributed by atoms with Crippen molar-refractivity contribution >= 4 is 5.97 Å². The molecule has 2 aromatic carbocycles. The van der Waals surface area contributed by atoms with Crippen molar-refractivity contribution in [1.82, 2.24) is 14.8 Å². The van der Waals surface area contributed by atoms with Crippen molar-refractivity contribution in [3.8, 4) is 11.4 Å². The van der Waals surface area contributed by atoms with Crippen LogP contribution in [-0.2, 0) is 21.7 Å². The first-order valence-electron chi connectivity index (χ1n) is 11.1. The molecule has 1 aromatic heterocycles. The van der Waals surface area contributed by atoms with E-state index < -0.39 is 5.97 Å². The Morgan fingerprint density at radius 1 is 1.12 bits per heavy atom. The Bertz CT molecular complexity index is 1150. The molecule has 2 heterocycles. The van der Waals surface area contributed by atoms with Gasteiger partial charge in [-0.2, -0.15) is 10.2 Å². The lowest BCUT2D eigenvalue weighted by molar-refractivity contribution is -0.139. The van der Waals surface area contributed by atoms with Crippen LogP contribution in [0, 0.1) is 13.8 Å². The largest absolute Gasteiger partial charge is 0.482 e. The number of rotatable bonds is 8. The van der Waals surface area contributed by atoms with Gasteiger partial charge in [-0.1, -0.05) is 50.6 Å². The minimum Gasteiger partial charge on any atom is -0.482 e. The summed E-state index contributed by atoms with van der Waals surface area (Å²) in [5.74, 6) is -0.397. The molecular weight excluding hydrogens is 418 g/mol. The Kier molecular flexibility index (Phi) is 6.28. The van der Waals surface area contributed by atoms with Crippen molar-refractivity contribution in [2.75, 3.05) is 13.2 Å². The number of carboxylic acid groups (broad SMARTS) is 1. The van der Waals surface area contributed by atoms with E-state index in [4.69, 9.17) is 19.8 Å². The number of aryl methyl sites for hydroxylation is 2. The highest BCUT2D eigenvalue weighted by molar-refractivity contribution is 5.68. The molecule has 0 bridgehead atoms. The van der Waals surface area contributed by atoms with Crippen LogP contribution in [0.2, 0.25) is 0 Å². The normalized spacial score (nSPS) is 17.7. The average molecular weight is 450 g/mol. The first-order chi connectivity index (χ1) is 15.6. The molecule has 2 atom stereocenters. The predicted octanol–water partition coefficient (Wildman–Crippen LogP) is 4.74. The Morgan fingerprint density at radius 3 is 2.48 bits per heavy atom. The van der Waals surface area contributed by atoms with Crippen LogP contribution in [-0.4, -0.2) is 39.1 Å². The van der Waals surface area contributed by atoms with Crippen LogP contribution in [0.4, 0.5) is 0 Å². The van der Waals surface area contributed by atoms with E-state index in [1.165, 1.54) is 5.56 Å². The second-order valence-electron chi connectivity index (χ2n) is 9.61. The third kappa shape index (κ3) is 5.43. The van der Waals surface area contributed by atoms with Gasteiger partial charge in [0.05, 0.1) is 23.1 Å². The van der Waals surface area contributed by atoms with Crippen molar-refractivity contribution in [1.29, 1.82) is 0 Å². The lowest BCUT2D eigenvalue weighted by Gasteiger charge is -2.14. The second-order valence-corrected chi connectivity index (χ2v) is 9.61. The van der Waals surface area contributed by atoms with Crippen LogP contribution in [0.15, 0.2) is 48.5 Å². The Labute approximate surface area is 194 Å². The van der Waals surface area contributed by atoms with Gasteiger partial charge < -0.3 is 9.84 Å². The lowest BCUT2D eigenvalue weighted by Crippen LogP contribution is -2.12. The summed E-state index contributed by atoms with van der Waals surface area (Å²) < 4.78 is 7.29. The van der Waals surface area contributed by atoms with E-state index in [1.54, 1.807) is 0 Å². The van der Waals surface area contributed by atoms with E-state index in [0.29, 0.717) is 12.4 Å². The van der Waals surface area contributed by atoms with Gasteiger partial charge in [0, 0.05) is 12.0 Å². The smallest absolute Gasteiger partial charge is 0.341 e. The van der Waals surface area contributed by atoms with Gasteiger partial charge in [-0.25, -0.2) is 9.48 Å². The highest BCUT2D eigenvalue weighted by atomic mass is 16.7. The number of nitrogens with zero attached hydrogens (tertiary/aromatic N) is 3. The van der Waals surface area contributed by atoms with E-state index >= 15 is 0 Å². The molecule has 1 fully saturated rings. The van der Waals surface area contributed by atoms with E-state index in [-0.39, 0.29) is 18.1 Å². The zero-order valence-corrected chi connectivity index (χ0v) is 19.8. The molecule has 3 aromatic rings. The zero-order valence-electron chi connectivity index (χ0n) is 19.8. The van der Waals surface area contributed by atoms with Crippen molar-refractivity contribution in [2.45, 2.75) is 52.7 Å². The average Bonchev–Trinajstić information content (AvgIpc) is 3.39. The van der Waals surface area contributed by atoms with Gasteiger partial charge in [0.25, 0.3) is 0 Å². The zero-order chi connectivity index (χ0) is 23.8. The molecule has 7 nitrogen and oxygen atoms in total. The highest BCUT2D eigenvalue weighted by Gasteiger charge is 2.37. The molecule has 4 rings (SSSR count). The molecule has 0 aliphatic carbocycles. The number of benzene rings is 2. The third-order valence-electron chi connectivity index (χ3n) is 5.71. The summed E-state index contributed by atoms with van der Waals surface area (Å²) in [5, 5.41) is 15.6. The topological polar surface area (TPSA) is 76.6 Å². The summed E-state index contributed by atoms with van der Waals surface area (Å²) in [6.45, 7) is 11.4. The highest BCUT2D eigenvalue weighted by Crippen LogP contribution is 2.37. The second kappa shape index (κ2) is 9.00. The van der Waals surface area contributed by atoms with Crippen LogP contribution >= 0.6 is 0 Å². The Hall–Kier alpha value is -3.16. The molecular formula is C26H31N3O4. The van der Waals surface area contributed by atoms with Crippen molar-refractivity contribution in [2.24, 2.45) is 0 Å². The van der Waals surface area contributed by atoms with Gasteiger partial charge in [0.1, 0.15) is 12.4 Å². The van der Waals surface area contributed by atoms with Gasteiger partial charge in [-0.3, -0.25) is 4.84 Å². The molecule has 1 N–H and O–H groups in total. The number of hydrogen-bond donors (Lipinski definition) is 1.